The highest BCUT2D eigenvalue weighted by atomic mass is 35.5. The molecule has 0 aliphatic rings. The number of hydrogen-bond donors (Lipinski definition) is 0. The maximum absolute atomic E-state index is 12.4. The highest BCUT2D eigenvalue weighted by Gasteiger charge is 2.33. The minimum Gasteiger partial charge on any atom is -0.166 e. The first kappa shape index (κ1) is 9.80. The lowest BCUT2D eigenvalue weighted by molar-refractivity contribution is -0.137. The van der Waals surface area contributed by atoms with Crippen molar-refractivity contribution in [2.45, 2.75) is 6.18 Å². The van der Waals surface area contributed by atoms with E-state index in [0.717, 1.165) is 11.5 Å². The van der Waals surface area contributed by atoms with Crippen LogP contribution in [0.3, 0.4) is 0 Å². The second-order valence-electron chi connectivity index (χ2n) is 2.80. The van der Waals surface area contributed by atoms with Gasteiger partial charge in [0.2, 0.25) is 0 Å². The third kappa shape index (κ3) is 1.48. The lowest BCUT2D eigenvalue weighted by Crippen LogP contribution is -2.05. The Labute approximate surface area is 86.9 Å². The van der Waals surface area contributed by atoms with Crippen molar-refractivity contribution in [1.29, 1.82) is 0 Å². The monoisotopic (exact) mass is 236 g/mol. The van der Waals surface area contributed by atoms with E-state index in [0.29, 0.717) is 5.39 Å². The average Bonchev–Trinajstić information content (AvgIpc) is 2.50. The molecule has 2 rings (SSSR count). The molecule has 14 heavy (non-hydrogen) atoms. The summed E-state index contributed by atoms with van der Waals surface area (Å²) in [6.45, 7) is 0. The average molecular weight is 237 g/mol. The van der Waals surface area contributed by atoms with E-state index < -0.39 is 11.7 Å². The largest absolute Gasteiger partial charge is 0.417 e. The molecule has 2 aromatic rings. The minimum absolute atomic E-state index is 0.212. The molecule has 0 aliphatic heterocycles. The number of alkyl halides is 3. The quantitative estimate of drug-likeness (QED) is 0.628. The van der Waals surface area contributed by atoms with Crippen LogP contribution >= 0.6 is 22.9 Å². The highest BCUT2D eigenvalue weighted by Crippen LogP contribution is 2.39. The van der Waals surface area contributed by atoms with Crippen molar-refractivity contribution in [3.05, 3.63) is 33.5 Å². The Morgan fingerprint density at radius 1 is 1.14 bits per heavy atom. The van der Waals surface area contributed by atoms with Gasteiger partial charge in [-0.2, -0.15) is 24.5 Å². The molecule has 0 nitrogen and oxygen atoms in total. The Bertz CT molecular complexity index is 472. The molecular weight excluding hydrogens is 233 g/mol. The summed E-state index contributed by atoms with van der Waals surface area (Å²) in [4.78, 5) is 0. The van der Waals surface area contributed by atoms with E-state index >= 15 is 0 Å². The summed E-state index contributed by atoms with van der Waals surface area (Å²) in [5.41, 5.74) is -0.773. The van der Waals surface area contributed by atoms with Crippen molar-refractivity contribution in [2.24, 2.45) is 0 Å². The zero-order valence-corrected chi connectivity index (χ0v) is 8.30. The molecule has 0 unspecified atom stereocenters. The van der Waals surface area contributed by atoms with E-state index in [1.165, 1.54) is 17.4 Å². The molecule has 74 valence electrons. The summed E-state index contributed by atoms with van der Waals surface area (Å²) < 4.78 is 37.2. The molecule has 0 amide bonds. The van der Waals surface area contributed by atoms with Crippen LogP contribution in [-0.2, 0) is 6.18 Å². The molecule has 0 atom stereocenters. The Hall–Kier alpha value is -0.740. The van der Waals surface area contributed by atoms with Gasteiger partial charge in [0, 0.05) is 10.8 Å². The van der Waals surface area contributed by atoms with Gasteiger partial charge in [-0.25, -0.2) is 0 Å². The van der Waals surface area contributed by atoms with Crippen molar-refractivity contribution < 1.29 is 13.2 Å². The van der Waals surface area contributed by atoms with Gasteiger partial charge in [0.1, 0.15) is 0 Å². The third-order valence-electron chi connectivity index (χ3n) is 1.90. The van der Waals surface area contributed by atoms with Crippen molar-refractivity contribution >= 4 is 33.7 Å². The van der Waals surface area contributed by atoms with Crippen LogP contribution in [0.25, 0.3) is 10.8 Å². The van der Waals surface area contributed by atoms with E-state index in [2.05, 4.69) is 0 Å². The van der Waals surface area contributed by atoms with Gasteiger partial charge in [0.05, 0.1) is 10.6 Å². The lowest BCUT2D eigenvalue weighted by Gasteiger charge is -2.08. The molecule has 1 aromatic heterocycles. The van der Waals surface area contributed by atoms with Crippen molar-refractivity contribution in [3.8, 4) is 0 Å². The molecule has 0 spiro atoms. The molecule has 1 heterocycles. The van der Waals surface area contributed by atoms with Crippen LogP contribution in [0.15, 0.2) is 22.9 Å². The predicted molar refractivity (Wildman–Crippen MR) is 51.8 cm³/mol. The van der Waals surface area contributed by atoms with Gasteiger partial charge in [-0.3, -0.25) is 0 Å². The zero-order valence-electron chi connectivity index (χ0n) is 6.73. The fourth-order valence-electron chi connectivity index (χ4n) is 1.22. The lowest BCUT2D eigenvalue weighted by atomic mass is 10.1. The molecule has 0 N–H and O–H groups in total. The van der Waals surface area contributed by atoms with Crippen molar-refractivity contribution in [1.82, 2.24) is 0 Å². The first-order chi connectivity index (χ1) is 6.50. The van der Waals surface area contributed by atoms with Crippen molar-refractivity contribution in [3.63, 3.8) is 0 Å². The molecule has 0 saturated heterocycles. The SMILES string of the molecule is FC(F)(F)c1ccc2cscc2c1Cl. The number of fused-ring (bicyclic) bond motifs is 1. The summed E-state index contributed by atoms with van der Waals surface area (Å²) in [6, 6.07) is 2.44. The Kier molecular flexibility index (Phi) is 2.20. The third-order valence-corrected chi connectivity index (χ3v) is 3.07. The molecule has 5 heteroatoms. The van der Waals surface area contributed by atoms with E-state index in [-0.39, 0.29) is 5.02 Å². The van der Waals surface area contributed by atoms with Gasteiger partial charge in [-0.05, 0) is 16.8 Å². The van der Waals surface area contributed by atoms with E-state index in [1.54, 1.807) is 10.8 Å². The molecule has 0 bridgehead atoms. The number of benzene rings is 1. The second-order valence-corrected chi connectivity index (χ2v) is 3.92. The van der Waals surface area contributed by atoms with Gasteiger partial charge in [-0.15, -0.1) is 0 Å². The predicted octanol–water partition coefficient (Wildman–Crippen LogP) is 4.57. The summed E-state index contributed by atoms with van der Waals surface area (Å²) in [6.07, 6.45) is -4.38. The first-order valence-corrected chi connectivity index (χ1v) is 5.04. The summed E-state index contributed by atoms with van der Waals surface area (Å²) in [5.74, 6) is 0. The number of hydrogen-bond acceptors (Lipinski definition) is 1. The van der Waals surface area contributed by atoms with Gasteiger partial charge in [0.15, 0.2) is 0 Å². The highest BCUT2D eigenvalue weighted by molar-refractivity contribution is 7.09. The van der Waals surface area contributed by atoms with Crippen LogP contribution in [0.4, 0.5) is 13.2 Å². The Morgan fingerprint density at radius 2 is 1.86 bits per heavy atom. The van der Waals surface area contributed by atoms with Crippen LogP contribution in [0.2, 0.25) is 5.02 Å². The number of halogens is 4. The summed E-state index contributed by atoms with van der Waals surface area (Å²) in [7, 11) is 0. The molecule has 0 saturated carbocycles. The Morgan fingerprint density at radius 3 is 2.50 bits per heavy atom. The van der Waals surface area contributed by atoms with Crippen LogP contribution in [0, 0.1) is 0 Å². The van der Waals surface area contributed by atoms with Gasteiger partial charge < -0.3 is 0 Å². The topological polar surface area (TPSA) is 0 Å². The number of thiophene rings is 1. The summed E-state index contributed by atoms with van der Waals surface area (Å²) >= 11 is 6.99. The van der Waals surface area contributed by atoms with Crippen LogP contribution in [0.1, 0.15) is 5.56 Å². The van der Waals surface area contributed by atoms with E-state index in [1.807, 2.05) is 0 Å². The molecular formula is C9H4ClF3S. The van der Waals surface area contributed by atoms with Gasteiger partial charge in [0.25, 0.3) is 0 Å². The van der Waals surface area contributed by atoms with Gasteiger partial charge in [-0.1, -0.05) is 17.7 Å². The Balaban J connectivity index is 2.74. The van der Waals surface area contributed by atoms with E-state index in [9.17, 15) is 13.2 Å². The molecule has 1 aromatic carbocycles. The molecule has 0 fully saturated rings. The normalized spacial score (nSPS) is 12.3. The maximum Gasteiger partial charge on any atom is 0.417 e. The van der Waals surface area contributed by atoms with E-state index in [4.69, 9.17) is 11.6 Å². The maximum atomic E-state index is 12.4. The molecule has 0 radical (unpaired) electrons. The smallest absolute Gasteiger partial charge is 0.166 e. The second kappa shape index (κ2) is 3.14. The summed E-state index contributed by atoms with van der Waals surface area (Å²) in [5, 5.41) is 4.38. The van der Waals surface area contributed by atoms with Crippen LogP contribution < -0.4 is 0 Å². The van der Waals surface area contributed by atoms with Crippen LogP contribution in [-0.4, -0.2) is 0 Å². The van der Waals surface area contributed by atoms with Crippen LogP contribution in [0.5, 0.6) is 0 Å². The minimum atomic E-state index is -4.38. The van der Waals surface area contributed by atoms with Gasteiger partial charge >= 0.3 is 6.18 Å². The first-order valence-electron chi connectivity index (χ1n) is 3.72. The fraction of sp³-hybridized carbons (Fsp3) is 0.111. The number of rotatable bonds is 0. The van der Waals surface area contributed by atoms with Crippen molar-refractivity contribution in [2.75, 3.05) is 0 Å². The standard InChI is InChI=1S/C9H4ClF3S/c10-8-6-4-14-3-5(6)1-2-7(8)9(11,12)13/h1-4H. The zero-order chi connectivity index (χ0) is 10.3. The fourth-order valence-corrected chi connectivity index (χ4v) is 2.43. The molecule has 0 aliphatic carbocycles.